The summed E-state index contributed by atoms with van der Waals surface area (Å²) in [5.74, 6) is 0.668. The number of hydrogen-bond donors (Lipinski definition) is 1. The third kappa shape index (κ3) is 4.90. The van der Waals surface area contributed by atoms with Gasteiger partial charge < -0.3 is 5.32 Å². The van der Waals surface area contributed by atoms with Crippen molar-refractivity contribution in [3.05, 3.63) is 65.9 Å². The van der Waals surface area contributed by atoms with E-state index in [2.05, 4.69) is 61.5 Å². The van der Waals surface area contributed by atoms with E-state index in [1.54, 1.807) is 0 Å². The van der Waals surface area contributed by atoms with Gasteiger partial charge in [0.25, 0.3) is 5.91 Å². The number of benzene rings is 2. The van der Waals surface area contributed by atoms with Crippen LogP contribution in [0.3, 0.4) is 0 Å². The molecule has 4 rings (SSSR count). The van der Waals surface area contributed by atoms with E-state index < -0.39 is 0 Å². The van der Waals surface area contributed by atoms with Gasteiger partial charge in [0.2, 0.25) is 0 Å². The first-order chi connectivity index (χ1) is 14.5. The highest BCUT2D eigenvalue weighted by Gasteiger charge is 2.24. The Kier molecular flexibility index (Phi) is 5.28. The van der Waals surface area contributed by atoms with E-state index >= 15 is 0 Å². The van der Waals surface area contributed by atoms with Gasteiger partial charge in [0.1, 0.15) is 0 Å². The molecule has 1 heterocycles. The van der Waals surface area contributed by atoms with Gasteiger partial charge >= 0.3 is 0 Å². The number of hydrogen-bond acceptors (Lipinski definition) is 2. The molecule has 0 atom stereocenters. The fraction of sp³-hybridized carbons (Fsp3) is 0.407. The van der Waals surface area contributed by atoms with Gasteiger partial charge in [0.05, 0.1) is 11.2 Å². The quantitative estimate of drug-likeness (QED) is 0.537. The molecule has 3 aromatic rings. The summed E-state index contributed by atoms with van der Waals surface area (Å²) in [5.41, 5.74) is 5.79. The molecule has 4 nitrogen and oxygen atoms in total. The lowest BCUT2D eigenvalue weighted by Gasteiger charge is -2.24. The number of rotatable bonds is 4. The molecule has 1 amide bonds. The molecule has 1 fully saturated rings. The minimum Gasteiger partial charge on any atom is -0.347 e. The molecule has 162 valence electrons. The number of nitrogens with zero attached hydrogens (tertiary/aromatic N) is 2. The van der Waals surface area contributed by atoms with Gasteiger partial charge in [-0.25, -0.2) is 0 Å². The van der Waals surface area contributed by atoms with Crippen molar-refractivity contribution < 1.29 is 4.79 Å². The molecule has 0 spiro atoms. The highest BCUT2D eigenvalue weighted by Crippen LogP contribution is 2.40. The Balaban J connectivity index is 1.81. The zero-order valence-corrected chi connectivity index (χ0v) is 19.5. The van der Waals surface area contributed by atoms with Crippen LogP contribution in [-0.4, -0.2) is 21.2 Å². The summed E-state index contributed by atoms with van der Waals surface area (Å²) < 4.78 is 2.02. The third-order valence-electron chi connectivity index (χ3n) is 5.55. The van der Waals surface area contributed by atoms with Crippen LogP contribution in [0.4, 0.5) is 0 Å². The van der Waals surface area contributed by atoms with Crippen LogP contribution in [0.15, 0.2) is 54.7 Å². The van der Waals surface area contributed by atoms with Crippen molar-refractivity contribution in [1.82, 2.24) is 15.1 Å². The lowest BCUT2D eigenvalue weighted by atomic mass is 9.95. The van der Waals surface area contributed by atoms with Gasteiger partial charge in [-0.1, -0.05) is 24.3 Å². The Labute approximate surface area is 185 Å². The minimum absolute atomic E-state index is 0.0629. The number of carbonyl (C=O) groups is 1. The van der Waals surface area contributed by atoms with Crippen molar-refractivity contribution in [3.8, 4) is 22.4 Å². The molecule has 0 saturated heterocycles. The molecule has 0 unspecified atom stereocenters. The monoisotopic (exact) mass is 415 g/mol. The second kappa shape index (κ2) is 7.67. The Morgan fingerprint density at radius 2 is 1.55 bits per heavy atom. The predicted octanol–water partition coefficient (Wildman–Crippen LogP) is 6.38. The van der Waals surface area contributed by atoms with Crippen LogP contribution in [0.5, 0.6) is 0 Å². The second-order valence-corrected chi connectivity index (χ2v) is 10.7. The molecular weight excluding hydrogens is 382 g/mol. The van der Waals surface area contributed by atoms with Crippen LogP contribution in [0, 0.1) is 0 Å². The standard InChI is InChI=1S/C27H33N3O/c1-26(2,3)29-25(31)23-16-21(20-11-9-19(10-12-20)18-7-8-18)15-22(17-23)24-13-14-28-30(24)27(4,5)6/h9-18H,7-8H2,1-6H3,(H,29,31). The molecule has 4 heteroatoms. The molecule has 1 aromatic heterocycles. The normalized spacial score (nSPS) is 14.5. The number of carbonyl (C=O) groups excluding carboxylic acids is 1. The van der Waals surface area contributed by atoms with Gasteiger partial charge in [0, 0.05) is 22.9 Å². The first-order valence-corrected chi connectivity index (χ1v) is 11.1. The molecular formula is C27H33N3O. The van der Waals surface area contributed by atoms with Crippen molar-refractivity contribution in [3.63, 3.8) is 0 Å². The SMILES string of the molecule is CC(C)(C)NC(=O)c1cc(-c2ccc(C3CC3)cc2)cc(-c2ccnn2C(C)(C)C)c1. The summed E-state index contributed by atoms with van der Waals surface area (Å²) in [6, 6.07) is 17.0. The van der Waals surface area contributed by atoms with Crippen LogP contribution in [0.25, 0.3) is 22.4 Å². The summed E-state index contributed by atoms with van der Waals surface area (Å²) >= 11 is 0. The molecule has 1 N–H and O–H groups in total. The van der Waals surface area contributed by atoms with Gasteiger partial charge in [-0.3, -0.25) is 9.48 Å². The molecule has 1 aliphatic rings. The summed E-state index contributed by atoms with van der Waals surface area (Å²) in [6.45, 7) is 12.4. The Bertz CT molecular complexity index is 1090. The maximum absolute atomic E-state index is 13.1. The van der Waals surface area contributed by atoms with Crippen LogP contribution >= 0.6 is 0 Å². The van der Waals surface area contributed by atoms with Gasteiger partial charge in [-0.15, -0.1) is 0 Å². The van der Waals surface area contributed by atoms with E-state index in [1.165, 1.54) is 18.4 Å². The summed E-state index contributed by atoms with van der Waals surface area (Å²) in [4.78, 5) is 13.1. The highest BCUT2D eigenvalue weighted by atomic mass is 16.1. The fourth-order valence-electron chi connectivity index (χ4n) is 3.91. The molecule has 2 aromatic carbocycles. The van der Waals surface area contributed by atoms with Crippen molar-refractivity contribution in [1.29, 1.82) is 0 Å². The Morgan fingerprint density at radius 1 is 0.903 bits per heavy atom. The van der Waals surface area contributed by atoms with E-state index in [9.17, 15) is 4.79 Å². The molecule has 0 radical (unpaired) electrons. The maximum atomic E-state index is 13.1. The van der Waals surface area contributed by atoms with Crippen molar-refractivity contribution in [2.45, 2.75) is 71.4 Å². The smallest absolute Gasteiger partial charge is 0.251 e. The zero-order valence-electron chi connectivity index (χ0n) is 19.5. The fourth-order valence-corrected chi connectivity index (χ4v) is 3.91. The van der Waals surface area contributed by atoms with E-state index in [4.69, 9.17) is 0 Å². The van der Waals surface area contributed by atoms with E-state index in [1.807, 2.05) is 49.8 Å². The summed E-state index contributed by atoms with van der Waals surface area (Å²) in [6.07, 6.45) is 4.41. The summed E-state index contributed by atoms with van der Waals surface area (Å²) in [5, 5.41) is 7.66. The molecule has 1 saturated carbocycles. The summed E-state index contributed by atoms with van der Waals surface area (Å²) in [7, 11) is 0. The van der Waals surface area contributed by atoms with Crippen molar-refractivity contribution in [2.24, 2.45) is 0 Å². The van der Waals surface area contributed by atoms with Crippen molar-refractivity contribution in [2.75, 3.05) is 0 Å². The lowest BCUT2D eigenvalue weighted by Crippen LogP contribution is -2.40. The average molecular weight is 416 g/mol. The zero-order chi connectivity index (χ0) is 22.4. The molecule has 0 bridgehead atoms. The van der Waals surface area contributed by atoms with Gasteiger partial charge in [0.15, 0.2) is 0 Å². The number of nitrogens with one attached hydrogen (secondary N) is 1. The Hall–Kier alpha value is -2.88. The first-order valence-electron chi connectivity index (χ1n) is 11.1. The second-order valence-electron chi connectivity index (χ2n) is 10.7. The van der Waals surface area contributed by atoms with E-state index in [0.29, 0.717) is 5.56 Å². The van der Waals surface area contributed by atoms with Crippen LogP contribution in [0.2, 0.25) is 0 Å². The lowest BCUT2D eigenvalue weighted by molar-refractivity contribution is 0.0919. The molecule has 31 heavy (non-hydrogen) atoms. The maximum Gasteiger partial charge on any atom is 0.251 e. The van der Waals surface area contributed by atoms with Gasteiger partial charge in [-0.2, -0.15) is 5.10 Å². The molecule has 1 aliphatic carbocycles. The van der Waals surface area contributed by atoms with E-state index in [-0.39, 0.29) is 17.0 Å². The van der Waals surface area contributed by atoms with Crippen LogP contribution < -0.4 is 5.32 Å². The largest absolute Gasteiger partial charge is 0.347 e. The van der Waals surface area contributed by atoms with Crippen LogP contribution in [-0.2, 0) is 5.54 Å². The average Bonchev–Trinajstić information content (AvgIpc) is 3.41. The first kappa shape index (κ1) is 21.4. The highest BCUT2D eigenvalue weighted by molar-refractivity contribution is 5.97. The number of amides is 1. The minimum atomic E-state index is -0.299. The molecule has 0 aliphatic heterocycles. The Morgan fingerprint density at radius 3 is 2.13 bits per heavy atom. The third-order valence-corrected chi connectivity index (χ3v) is 5.55. The van der Waals surface area contributed by atoms with Crippen molar-refractivity contribution >= 4 is 5.91 Å². The van der Waals surface area contributed by atoms with E-state index in [0.717, 1.165) is 28.3 Å². The predicted molar refractivity (Wildman–Crippen MR) is 127 cm³/mol. The van der Waals surface area contributed by atoms with Gasteiger partial charge in [-0.05, 0) is 101 Å². The topological polar surface area (TPSA) is 46.9 Å². The number of aromatic nitrogens is 2. The van der Waals surface area contributed by atoms with Crippen LogP contribution in [0.1, 0.15) is 76.2 Å².